The van der Waals surface area contributed by atoms with Crippen molar-refractivity contribution in [2.45, 2.75) is 0 Å². The van der Waals surface area contributed by atoms with Gasteiger partial charge in [-0.25, -0.2) is 15.0 Å². The normalized spacial score (nSPS) is 11.3. The molecule has 7 aromatic rings. The maximum absolute atomic E-state index is 6.07. The minimum Gasteiger partial charge on any atom is -0.456 e. The molecule has 0 aliphatic rings. The number of nitrogens with zero attached hydrogens (tertiary/aromatic N) is 3. The van der Waals surface area contributed by atoms with Crippen molar-refractivity contribution in [3.8, 4) is 45.3 Å². The summed E-state index contributed by atoms with van der Waals surface area (Å²) >= 11 is 3.69. The lowest BCUT2D eigenvalue weighted by atomic mass is 10.0. The Morgan fingerprint density at radius 1 is 0.447 bits per heavy atom. The van der Waals surface area contributed by atoms with Gasteiger partial charge in [-0.15, -0.1) is 0 Å². The van der Waals surface area contributed by atoms with Gasteiger partial charge in [0.25, 0.3) is 0 Å². The Morgan fingerprint density at radius 2 is 1.00 bits per heavy atom. The van der Waals surface area contributed by atoms with E-state index in [1.807, 2.05) is 97.1 Å². The van der Waals surface area contributed by atoms with Gasteiger partial charge in [0.05, 0.1) is 0 Å². The van der Waals surface area contributed by atoms with Gasteiger partial charge in [-0.2, -0.15) is 0 Å². The fourth-order valence-corrected chi connectivity index (χ4v) is 5.30. The fourth-order valence-electron chi connectivity index (χ4n) is 4.74. The number of hydrogen-bond acceptors (Lipinski definition) is 4. The molecular weight excluding hydrogens is 534 g/mol. The second kappa shape index (κ2) is 9.36. The van der Waals surface area contributed by atoms with Crippen LogP contribution in [0.4, 0.5) is 0 Å². The van der Waals surface area contributed by atoms with E-state index in [1.54, 1.807) is 0 Å². The van der Waals surface area contributed by atoms with Gasteiger partial charge in [0, 0.05) is 31.9 Å². The fraction of sp³-hybridized carbons (Fsp3) is 0. The minimum atomic E-state index is 0.636. The molecule has 0 bridgehead atoms. The third kappa shape index (κ3) is 4.07. The van der Waals surface area contributed by atoms with Gasteiger partial charge in [-0.1, -0.05) is 107 Å². The van der Waals surface area contributed by atoms with Crippen LogP contribution in [0.3, 0.4) is 0 Å². The number of aromatic nitrogens is 3. The molecule has 4 nitrogen and oxygen atoms in total. The Bertz CT molecular complexity index is 1870. The maximum atomic E-state index is 6.07. The summed E-state index contributed by atoms with van der Waals surface area (Å²) in [5.41, 5.74) is 6.74. The average Bonchev–Trinajstić information content (AvgIpc) is 3.37. The van der Waals surface area contributed by atoms with Gasteiger partial charge >= 0.3 is 0 Å². The van der Waals surface area contributed by atoms with E-state index in [9.17, 15) is 0 Å². The number of rotatable bonds is 4. The van der Waals surface area contributed by atoms with Gasteiger partial charge in [0.2, 0.25) is 0 Å². The number of fused-ring (bicyclic) bond motifs is 3. The average molecular weight is 554 g/mol. The van der Waals surface area contributed by atoms with Crippen LogP contribution in [0.25, 0.3) is 67.2 Å². The van der Waals surface area contributed by atoms with Crippen molar-refractivity contribution in [3.63, 3.8) is 0 Å². The molecule has 2 aromatic heterocycles. The highest BCUT2D eigenvalue weighted by molar-refractivity contribution is 9.10. The predicted molar refractivity (Wildman–Crippen MR) is 157 cm³/mol. The molecule has 2 heterocycles. The molecule has 0 saturated heterocycles. The zero-order valence-electron chi connectivity index (χ0n) is 20.2. The highest BCUT2D eigenvalue weighted by Crippen LogP contribution is 2.37. The number of hydrogen-bond donors (Lipinski definition) is 0. The SMILES string of the molecule is Brc1cccc2oc3ccc(-c4cccc(-c5nc(-c6ccccc6)nc(-c6ccccc6)n5)c4)cc3c12. The molecule has 180 valence electrons. The second-order valence-corrected chi connectivity index (χ2v) is 9.90. The number of benzene rings is 5. The second-order valence-electron chi connectivity index (χ2n) is 9.05. The predicted octanol–water partition coefficient (Wildman–Crippen LogP) is 9.20. The molecule has 7 rings (SSSR count). The van der Waals surface area contributed by atoms with E-state index in [0.717, 1.165) is 54.2 Å². The van der Waals surface area contributed by atoms with Crippen LogP contribution < -0.4 is 0 Å². The molecule has 38 heavy (non-hydrogen) atoms. The molecule has 0 N–H and O–H groups in total. The van der Waals surface area contributed by atoms with Crippen LogP contribution in [-0.2, 0) is 0 Å². The van der Waals surface area contributed by atoms with E-state index >= 15 is 0 Å². The smallest absolute Gasteiger partial charge is 0.164 e. The Labute approximate surface area is 227 Å². The summed E-state index contributed by atoms with van der Waals surface area (Å²) in [6.45, 7) is 0. The van der Waals surface area contributed by atoms with Gasteiger partial charge in [-0.3, -0.25) is 0 Å². The maximum Gasteiger partial charge on any atom is 0.164 e. The first-order valence-electron chi connectivity index (χ1n) is 12.3. The minimum absolute atomic E-state index is 0.636. The summed E-state index contributed by atoms with van der Waals surface area (Å²) in [5.74, 6) is 1.93. The summed E-state index contributed by atoms with van der Waals surface area (Å²) in [7, 11) is 0. The molecule has 0 aliphatic heterocycles. The van der Waals surface area contributed by atoms with E-state index < -0.39 is 0 Å². The summed E-state index contributed by atoms with van der Waals surface area (Å²) in [5, 5.41) is 2.16. The van der Waals surface area contributed by atoms with Crippen LogP contribution in [0.5, 0.6) is 0 Å². The third-order valence-electron chi connectivity index (χ3n) is 6.60. The molecule has 5 heteroatoms. The number of furan rings is 1. The van der Waals surface area contributed by atoms with Crippen LogP contribution in [0, 0.1) is 0 Å². The van der Waals surface area contributed by atoms with Gasteiger partial charge < -0.3 is 4.42 Å². The zero-order chi connectivity index (χ0) is 25.5. The molecule has 0 saturated carbocycles. The van der Waals surface area contributed by atoms with Gasteiger partial charge in [0.15, 0.2) is 17.5 Å². The highest BCUT2D eigenvalue weighted by Gasteiger charge is 2.14. The van der Waals surface area contributed by atoms with Crippen molar-refractivity contribution in [2.75, 3.05) is 0 Å². The van der Waals surface area contributed by atoms with Crippen LogP contribution in [0.2, 0.25) is 0 Å². The van der Waals surface area contributed by atoms with E-state index in [4.69, 9.17) is 19.4 Å². The molecule has 0 radical (unpaired) electrons. The summed E-state index contributed by atoms with van der Waals surface area (Å²) < 4.78 is 7.09. The first-order valence-corrected chi connectivity index (χ1v) is 13.1. The van der Waals surface area contributed by atoms with Gasteiger partial charge in [-0.05, 0) is 41.5 Å². The Kier molecular flexibility index (Phi) is 5.56. The Balaban J connectivity index is 1.37. The van der Waals surface area contributed by atoms with Crippen molar-refractivity contribution in [1.82, 2.24) is 15.0 Å². The lowest BCUT2D eigenvalue weighted by molar-refractivity contribution is 0.669. The molecule has 5 aromatic carbocycles. The van der Waals surface area contributed by atoms with Crippen LogP contribution in [-0.4, -0.2) is 15.0 Å². The largest absolute Gasteiger partial charge is 0.456 e. The van der Waals surface area contributed by atoms with E-state index in [2.05, 4.69) is 40.2 Å². The van der Waals surface area contributed by atoms with Gasteiger partial charge in [0.1, 0.15) is 11.2 Å². The molecule has 0 amide bonds. The molecule has 0 unspecified atom stereocenters. The monoisotopic (exact) mass is 553 g/mol. The highest BCUT2D eigenvalue weighted by atomic mass is 79.9. The van der Waals surface area contributed by atoms with E-state index in [0.29, 0.717) is 17.5 Å². The van der Waals surface area contributed by atoms with Crippen molar-refractivity contribution in [3.05, 3.63) is 126 Å². The van der Waals surface area contributed by atoms with Crippen molar-refractivity contribution >= 4 is 37.9 Å². The van der Waals surface area contributed by atoms with E-state index in [-0.39, 0.29) is 0 Å². The summed E-state index contributed by atoms with van der Waals surface area (Å²) in [6, 6.07) is 40.7. The van der Waals surface area contributed by atoms with Crippen LogP contribution >= 0.6 is 15.9 Å². The van der Waals surface area contributed by atoms with Crippen molar-refractivity contribution < 1.29 is 4.42 Å². The molecule has 0 atom stereocenters. The standard InChI is InChI=1S/C33H20BrN3O/c34-27-15-8-16-29-30(27)26-20-24(17-18-28(26)38-29)23-13-7-14-25(19-23)33-36-31(21-9-3-1-4-10-21)35-32(37-33)22-11-5-2-6-12-22/h1-20H. The lowest BCUT2D eigenvalue weighted by Gasteiger charge is -2.09. The van der Waals surface area contributed by atoms with Crippen molar-refractivity contribution in [1.29, 1.82) is 0 Å². The summed E-state index contributed by atoms with van der Waals surface area (Å²) in [6.07, 6.45) is 0. The van der Waals surface area contributed by atoms with Crippen LogP contribution in [0.1, 0.15) is 0 Å². The Hall–Kier alpha value is -4.61. The third-order valence-corrected chi connectivity index (χ3v) is 7.26. The van der Waals surface area contributed by atoms with Crippen molar-refractivity contribution in [2.24, 2.45) is 0 Å². The quantitative estimate of drug-likeness (QED) is 0.218. The first-order chi connectivity index (χ1) is 18.7. The zero-order valence-corrected chi connectivity index (χ0v) is 21.8. The van der Waals surface area contributed by atoms with E-state index in [1.165, 1.54) is 0 Å². The molecular formula is C33H20BrN3O. The topological polar surface area (TPSA) is 51.8 Å². The van der Waals surface area contributed by atoms with Crippen LogP contribution in [0.15, 0.2) is 130 Å². The summed E-state index contributed by atoms with van der Waals surface area (Å²) in [4.78, 5) is 14.6. The first kappa shape index (κ1) is 22.6. The molecule has 0 spiro atoms. The Morgan fingerprint density at radius 3 is 1.68 bits per heavy atom. The lowest BCUT2D eigenvalue weighted by Crippen LogP contribution is -2.00. The molecule has 0 aliphatic carbocycles. The number of halogens is 1. The molecule has 0 fully saturated rings.